The number of aliphatic hydroxyl groups is 1. The van der Waals surface area contributed by atoms with E-state index in [4.69, 9.17) is 20.4 Å². The van der Waals surface area contributed by atoms with E-state index in [0.29, 0.717) is 4.57 Å². The first-order chi connectivity index (χ1) is 14.9. The second kappa shape index (κ2) is 8.30. The van der Waals surface area contributed by atoms with Crippen molar-refractivity contribution >= 4 is 46.5 Å². The molecule has 2 unspecified atom stereocenters. The quantitative estimate of drug-likeness (QED) is 0.201. The molecule has 2 aromatic rings. The summed E-state index contributed by atoms with van der Waals surface area (Å²) in [4.78, 5) is 56.5. The third-order valence-corrected chi connectivity index (χ3v) is 7.39. The molecule has 18 nitrogen and oxygen atoms in total. The van der Waals surface area contributed by atoms with Crippen LogP contribution in [0.25, 0.3) is 17.0 Å². The van der Waals surface area contributed by atoms with Gasteiger partial charge in [0.25, 0.3) is 5.56 Å². The number of halogens is 2. The number of nitrogens with zero attached hydrogens (tertiary/aromatic N) is 3. The maximum Gasteiger partial charge on any atom is 0.490 e. The van der Waals surface area contributed by atoms with Crippen LogP contribution in [0.5, 0.6) is 0 Å². The van der Waals surface area contributed by atoms with Gasteiger partial charge in [0, 0.05) is 0 Å². The number of aromatic amines is 1. The Morgan fingerprint density at radius 3 is 2.48 bits per heavy atom. The fourth-order valence-electron chi connectivity index (χ4n) is 2.39. The highest BCUT2D eigenvalue weighted by Gasteiger charge is 2.54. The van der Waals surface area contributed by atoms with E-state index in [1.807, 2.05) is 0 Å². The van der Waals surface area contributed by atoms with Crippen LogP contribution in [0.15, 0.2) is 16.9 Å². The zero-order chi connectivity index (χ0) is 25.0. The number of aliphatic hydroxyl groups excluding tert-OH is 1. The number of imidazole rings is 1. The number of fused-ring (bicyclic) bond motifs is 1. The van der Waals surface area contributed by atoms with Gasteiger partial charge in [-0.2, -0.15) is 18.0 Å². The van der Waals surface area contributed by atoms with E-state index in [-0.39, 0.29) is 5.52 Å². The number of nitrogen functional groups attached to an aromatic ring is 1. The molecule has 33 heavy (non-hydrogen) atoms. The molecule has 0 saturated heterocycles. The number of nitrogens with one attached hydrogen (secondary N) is 1. The molecule has 0 spiro atoms. The van der Waals surface area contributed by atoms with Gasteiger partial charge < -0.3 is 35.2 Å². The minimum absolute atomic E-state index is 0.382. The molecule has 1 aliphatic rings. The molecule has 23 heteroatoms. The van der Waals surface area contributed by atoms with E-state index >= 15 is 0 Å². The standard InChI is InChI=1S/C10H12F2N5O13P3/c11-3-5(18)10(12,1-27-32(23,24)30-33(25,26)29-31(20,21)22)28-8(3)17-2-14-4-6(17)15-9(13)16-7(4)19/h2,5,18H,1H2,(H,23,24)(H,25,26)(H2,20,21,22)(H3,13,15,16,19)/t5-,10+/m0/s1. The lowest BCUT2D eigenvalue weighted by atomic mass is 10.2. The number of H-pyrrole nitrogens is 1. The molecule has 0 radical (unpaired) electrons. The summed E-state index contributed by atoms with van der Waals surface area (Å²) in [5, 5.41) is 9.85. The Kier molecular flexibility index (Phi) is 6.42. The molecule has 3 heterocycles. The number of hydrogen-bond acceptors (Lipinski definition) is 12. The topological polar surface area (TPSA) is 279 Å². The molecule has 0 saturated carbocycles. The van der Waals surface area contributed by atoms with Gasteiger partial charge in [-0.1, -0.05) is 0 Å². The Balaban J connectivity index is 1.81. The predicted octanol–water partition coefficient (Wildman–Crippen LogP) is -0.802. The summed E-state index contributed by atoms with van der Waals surface area (Å²) < 4.78 is 79.2. The summed E-state index contributed by atoms with van der Waals surface area (Å²) in [5.74, 6) is -6.92. The van der Waals surface area contributed by atoms with Gasteiger partial charge in [0.15, 0.2) is 23.1 Å². The molecular formula is C10H12F2N5O13P3. The highest BCUT2D eigenvalue weighted by molar-refractivity contribution is 7.66. The zero-order valence-corrected chi connectivity index (χ0v) is 18.1. The summed E-state index contributed by atoms with van der Waals surface area (Å²) in [5.41, 5.74) is 3.71. The van der Waals surface area contributed by atoms with Crippen LogP contribution >= 0.6 is 23.5 Å². The summed E-state index contributed by atoms with van der Waals surface area (Å²) in [6.07, 6.45) is -2.06. The van der Waals surface area contributed by atoms with E-state index in [2.05, 4.69) is 32.8 Å². The van der Waals surface area contributed by atoms with E-state index in [9.17, 15) is 37.3 Å². The number of aromatic nitrogens is 4. The largest absolute Gasteiger partial charge is 0.490 e. The lowest BCUT2D eigenvalue weighted by molar-refractivity contribution is -0.162. The SMILES string of the molecule is Nc1nc2c(ncn2C2=C(F)[C@H](O)[C@@](F)(COP(=O)(O)OP(=O)(O)OP(=O)(O)O)O2)c(=O)[nH]1. The van der Waals surface area contributed by atoms with Crippen molar-refractivity contribution in [2.75, 3.05) is 12.3 Å². The van der Waals surface area contributed by atoms with Gasteiger partial charge >= 0.3 is 29.3 Å². The molecule has 0 fully saturated rings. The number of ether oxygens (including phenoxy) is 1. The summed E-state index contributed by atoms with van der Waals surface area (Å²) in [7, 11) is -17.4. The average molecular weight is 541 g/mol. The number of rotatable bonds is 8. The number of hydrogen-bond donors (Lipinski definition) is 7. The van der Waals surface area contributed by atoms with Crippen LogP contribution in [-0.2, 0) is 31.6 Å². The molecule has 1 aliphatic heterocycles. The van der Waals surface area contributed by atoms with Gasteiger partial charge in [0.1, 0.15) is 12.9 Å². The van der Waals surface area contributed by atoms with Crippen LogP contribution in [-0.4, -0.2) is 62.8 Å². The molecule has 4 atom stereocenters. The molecule has 0 aliphatic carbocycles. The highest BCUT2D eigenvalue weighted by atomic mass is 31.3. The first-order valence-electron chi connectivity index (χ1n) is 7.90. The normalized spacial score (nSPS) is 25.1. The molecule has 8 N–H and O–H groups in total. The lowest BCUT2D eigenvalue weighted by Crippen LogP contribution is -2.40. The summed E-state index contributed by atoms with van der Waals surface area (Å²) in [6, 6.07) is 0. The first-order valence-corrected chi connectivity index (χ1v) is 12.4. The number of phosphoric ester groups is 1. The van der Waals surface area contributed by atoms with E-state index < -0.39 is 70.9 Å². The molecular weight excluding hydrogens is 529 g/mol. The minimum atomic E-state index is -5.91. The zero-order valence-electron chi connectivity index (χ0n) is 15.4. The van der Waals surface area contributed by atoms with Crippen molar-refractivity contribution in [2.24, 2.45) is 0 Å². The Bertz CT molecular complexity index is 1340. The third kappa shape index (κ3) is 5.53. The van der Waals surface area contributed by atoms with Crippen LogP contribution in [0.2, 0.25) is 0 Å². The van der Waals surface area contributed by atoms with Crippen LogP contribution < -0.4 is 11.3 Å². The maximum atomic E-state index is 15.0. The fraction of sp³-hybridized carbons (Fsp3) is 0.300. The average Bonchev–Trinajstić information content (AvgIpc) is 3.12. The maximum absolute atomic E-state index is 15.0. The molecule has 0 amide bonds. The molecule has 2 aromatic heterocycles. The Morgan fingerprint density at radius 1 is 1.24 bits per heavy atom. The third-order valence-electron chi connectivity index (χ3n) is 3.60. The van der Waals surface area contributed by atoms with E-state index in [0.717, 1.165) is 6.33 Å². The number of anilines is 1. The molecule has 0 bridgehead atoms. The van der Waals surface area contributed by atoms with Crippen molar-refractivity contribution in [1.29, 1.82) is 0 Å². The summed E-state index contributed by atoms with van der Waals surface area (Å²) >= 11 is 0. The van der Waals surface area contributed by atoms with Crippen molar-refractivity contribution < 1.29 is 65.0 Å². The predicted molar refractivity (Wildman–Crippen MR) is 97.6 cm³/mol. The van der Waals surface area contributed by atoms with Crippen molar-refractivity contribution in [1.82, 2.24) is 19.5 Å². The van der Waals surface area contributed by atoms with Gasteiger partial charge in [0.2, 0.25) is 11.8 Å². The van der Waals surface area contributed by atoms with Crippen LogP contribution in [0.4, 0.5) is 14.7 Å². The van der Waals surface area contributed by atoms with E-state index in [1.165, 1.54) is 0 Å². The van der Waals surface area contributed by atoms with Crippen molar-refractivity contribution in [3.63, 3.8) is 0 Å². The van der Waals surface area contributed by atoms with Crippen molar-refractivity contribution in [3.05, 3.63) is 22.5 Å². The van der Waals surface area contributed by atoms with Gasteiger partial charge in [-0.05, 0) is 0 Å². The first kappa shape index (κ1) is 25.5. The Morgan fingerprint density at radius 2 is 1.88 bits per heavy atom. The van der Waals surface area contributed by atoms with E-state index in [1.54, 1.807) is 0 Å². The Labute approximate surface area is 178 Å². The minimum Gasteiger partial charge on any atom is -0.434 e. The molecule has 3 rings (SSSR count). The number of phosphoric acid groups is 3. The van der Waals surface area contributed by atoms with Crippen LogP contribution in [0.1, 0.15) is 0 Å². The monoisotopic (exact) mass is 541 g/mol. The van der Waals surface area contributed by atoms with Crippen LogP contribution in [0, 0.1) is 0 Å². The molecule has 0 aromatic carbocycles. The van der Waals surface area contributed by atoms with Gasteiger partial charge in [0.05, 0.1) is 0 Å². The number of nitrogens with two attached hydrogens (primary N) is 1. The van der Waals surface area contributed by atoms with Crippen molar-refractivity contribution in [2.45, 2.75) is 12.0 Å². The molecule has 184 valence electrons. The van der Waals surface area contributed by atoms with Gasteiger partial charge in [-0.15, -0.1) is 0 Å². The van der Waals surface area contributed by atoms with Crippen LogP contribution in [0.3, 0.4) is 0 Å². The highest BCUT2D eigenvalue weighted by Crippen LogP contribution is 2.66. The second-order valence-electron chi connectivity index (χ2n) is 6.05. The second-order valence-corrected chi connectivity index (χ2v) is 10.5. The number of alkyl halides is 1. The van der Waals surface area contributed by atoms with Crippen molar-refractivity contribution in [3.8, 4) is 0 Å². The summed E-state index contributed by atoms with van der Waals surface area (Å²) in [6.45, 7) is -1.84. The Hall–Kier alpha value is -2.08. The lowest BCUT2D eigenvalue weighted by Gasteiger charge is -2.24. The fourth-order valence-corrected chi connectivity index (χ4v) is 5.43. The smallest absolute Gasteiger partial charge is 0.434 e. The van der Waals surface area contributed by atoms with Gasteiger partial charge in [-0.25, -0.2) is 23.1 Å². The van der Waals surface area contributed by atoms with Gasteiger partial charge in [-0.3, -0.25) is 18.9 Å².